The molecule has 0 spiro atoms. The van der Waals surface area contributed by atoms with Gasteiger partial charge in [-0.1, -0.05) is 0 Å². The largest absolute Gasteiger partial charge is 0.481 e. The van der Waals surface area contributed by atoms with E-state index in [1.54, 1.807) is 13.3 Å². The summed E-state index contributed by atoms with van der Waals surface area (Å²) in [7, 11) is 1.55. The molecule has 0 unspecified atom stereocenters. The summed E-state index contributed by atoms with van der Waals surface area (Å²) in [5.74, 6) is 0.522. The number of ether oxygens (including phenoxy) is 1. The molecule has 1 aromatic rings. The zero-order valence-corrected chi connectivity index (χ0v) is 8.13. The maximum absolute atomic E-state index is 6.71. The molecule has 1 heterocycles. The van der Waals surface area contributed by atoms with Crippen molar-refractivity contribution >= 4 is 15.9 Å². The van der Waals surface area contributed by atoms with Crippen molar-refractivity contribution in [3.8, 4) is 5.88 Å². The summed E-state index contributed by atoms with van der Waals surface area (Å²) < 4.78 is 5.84. The maximum Gasteiger partial charge on any atom is 0.245 e. The Bertz CT molecular complexity index is 319. The highest BCUT2D eigenvalue weighted by atomic mass is 79.9. The Morgan fingerprint density at radius 1 is 1.75 bits per heavy atom. The first-order valence-corrected chi connectivity index (χ1v) is 4.09. The molecule has 1 rings (SSSR count). The predicted molar refractivity (Wildman–Crippen MR) is 48.8 cm³/mol. The number of hydrogen-bond donors (Lipinski definition) is 0. The molecule has 0 aliphatic carbocycles. The van der Waals surface area contributed by atoms with Gasteiger partial charge >= 0.3 is 0 Å². The quantitative estimate of drug-likeness (QED) is 0.724. The lowest BCUT2D eigenvalue weighted by atomic mass is 10.3. The number of methoxy groups -OCH3 is 1. The second kappa shape index (κ2) is 4.07. The Labute approximate surface area is 79.3 Å². The number of hydrogen-bond acceptors (Lipinski definition) is 2. The highest BCUT2D eigenvalue weighted by Gasteiger charge is 2.06. The average molecular weight is 227 g/mol. The monoisotopic (exact) mass is 226 g/mol. The number of nitrogens with zero attached hydrogens (tertiary/aromatic N) is 2. The molecule has 0 saturated heterocycles. The van der Waals surface area contributed by atoms with Crippen LogP contribution in [-0.2, 0) is 6.54 Å². The average Bonchev–Trinajstić information content (AvgIpc) is 2.05. The van der Waals surface area contributed by atoms with Gasteiger partial charge in [-0.25, -0.2) is 11.6 Å². The molecule has 0 bridgehead atoms. The highest BCUT2D eigenvalue weighted by Crippen LogP contribution is 2.20. The molecule has 0 N–H and O–H groups in total. The van der Waals surface area contributed by atoms with E-state index in [1.165, 1.54) is 0 Å². The second-order valence-corrected chi connectivity index (χ2v) is 3.05. The third-order valence-corrected chi connectivity index (χ3v) is 1.77. The fourth-order valence-corrected chi connectivity index (χ4v) is 1.23. The van der Waals surface area contributed by atoms with Gasteiger partial charge in [0.1, 0.15) is 0 Å². The van der Waals surface area contributed by atoms with Gasteiger partial charge in [-0.3, -0.25) is 0 Å². The molecule has 62 valence electrons. The van der Waals surface area contributed by atoms with Gasteiger partial charge in [0.05, 0.1) is 12.7 Å². The molecule has 12 heavy (non-hydrogen) atoms. The molecular weight excluding hydrogens is 220 g/mol. The molecule has 0 aliphatic rings. The first-order chi connectivity index (χ1) is 5.77. The van der Waals surface area contributed by atoms with Crippen molar-refractivity contribution in [2.75, 3.05) is 7.11 Å². The van der Waals surface area contributed by atoms with Crippen LogP contribution in [0.3, 0.4) is 0 Å². The van der Waals surface area contributed by atoms with E-state index in [4.69, 9.17) is 11.3 Å². The summed E-state index contributed by atoms with van der Waals surface area (Å²) in [5, 5.41) is 0. The first kappa shape index (κ1) is 9.01. The van der Waals surface area contributed by atoms with Gasteiger partial charge in [-0.2, -0.15) is 0 Å². The first-order valence-electron chi connectivity index (χ1n) is 3.29. The van der Waals surface area contributed by atoms with Crippen molar-refractivity contribution in [2.45, 2.75) is 6.54 Å². The van der Waals surface area contributed by atoms with Gasteiger partial charge in [0.15, 0.2) is 0 Å². The fraction of sp³-hybridized carbons (Fsp3) is 0.250. The summed E-state index contributed by atoms with van der Waals surface area (Å²) in [6, 6.07) is 1.84. The van der Waals surface area contributed by atoms with Crippen LogP contribution in [0.2, 0.25) is 0 Å². The van der Waals surface area contributed by atoms with Gasteiger partial charge in [0.2, 0.25) is 12.4 Å². The molecule has 0 aliphatic heterocycles. The topological polar surface area (TPSA) is 26.5 Å². The molecule has 0 amide bonds. The number of pyridine rings is 1. The van der Waals surface area contributed by atoms with Crippen molar-refractivity contribution < 1.29 is 4.74 Å². The lowest BCUT2D eigenvalue weighted by Gasteiger charge is -2.01. The molecule has 0 aromatic carbocycles. The highest BCUT2D eigenvalue weighted by molar-refractivity contribution is 9.10. The molecule has 3 nitrogen and oxygen atoms in total. The van der Waals surface area contributed by atoms with Gasteiger partial charge in [-0.15, -0.1) is 0 Å². The van der Waals surface area contributed by atoms with Crippen LogP contribution in [0.5, 0.6) is 5.88 Å². The van der Waals surface area contributed by atoms with Crippen LogP contribution in [0.25, 0.3) is 4.85 Å². The Balaban J connectivity index is 3.05. The van der Waals surface area contributed by atoms with E-state index in [-0.39, 0.29) is 0 Å². The van der Waals surface area contributed by atoms with E-state index < -0.39 is 0 Å². The van der Waals surface area contributed by atoms with E-state index in [1.807, 2.05) is 6.07 Å². The number of rotatable bonds is 2. The Morgan fingerprint density at radius 3 is 3.08 bits per heavy atom. The standard InChI is InChI=1S/C8H7BrN2O/c1-10-4-6-3-7(9)5-11-8(6)12-2/h3,5H,4H2,2H3. The van der Waals surface area contributed by atoms with E-state index in [9.17, 15) is 0 Å². The van der Waals surface area contributed by atoms with Crippen molar-refractivity contribution in [1.82, 2.24) is 4.98 Å². The van der Waals surface area contributed by atoms with Crippen molar-refractivity contribution in [1.29, 1.82) is 0 Å². The van der Waals surface area contributed by atoms with Crippen LogP contribution < -0.4 is 4.74 Å². The normalized spacial score (nSPS) is 9.08. The minimum absolute atomic E-state index is 0.301. The number of halogens is 1. The van der Waals surface area contributed by atoms with E-state index in [0.29, 0.717) is 12.4 Å². The van der Waals surface area contributed by atoms with Crippen LogP contribution in [0.15, 0.2) is 16.7 Å². The Kier molecular flexibility index (Phi) is 3.06. The lowest BCUT2D eigenvalue weighted by Crippen LogP contribution is -1.93. The Hall–Kier alpha value is -1.08. The molecular formula is C8H7BrN2O. The van der Waals surface area contributed by atoms with Crippen molar-refractivity contribution in [3.05, 3.63) is 33.7 Å². The van der Waals surface area contributed by atoms with Crippen LogP contribution in [0, 0.1) is 6.57 Å². The fourth-order valence-electron chi connectivity index (χ4n) is 0.851. The van der Waals surface area contributed by atoms with E-state index in [0.717, 1.165) is 10.0 Å². The lowest BCUT2D eigenvalue weighted by molar-refractivity contribution is 0.393. The summed E-state index contributed by atoms with van der Waals surface area (Å²) in [6.45, 7) is 7.01. The summed E-state index contributed by atoms with van der Waals surface area (Å²) in [5.41, 5.74) is 0.807. The zero-order chi connectivity index (χ0) is 8.97. The third-order valence-electron chi connectivity index (χ3n) is 1.33. The summed E-state index contributed by atoms with van der Waals surface area (Å²) >= 11 is 3.27. The van der Waals surface area contributed by atoms with Gasteiger partial charge < -0.3 is 9.58 Å². The van der Waals surface area contributed by atoms with Crippen LogP contribution in [-0.4, -0.2) is 12.1 Å². The molecule has 4 heteroatoms. The molecule has 0 fully saturated rings. The van der Waals surface area contributed by atoms with Gasteiger partial charge in [0, 0.05) is 10.7 Å². The molecule has 1 aromatic heterocycles. The molecule has 0 atom stereocenters. The van der Waals surface area contributed by atoms with Crippen molar-refractivity contribution in [3.63, 3.8) is 0 Å². The predicted octanol–water partition coefficient (Wildman–Crippen LogP) is 2.27. The van der Waals surface area contributed by atoms with E-state index in [2.05, 4.69) is 25.8 Å². The third kappa shape index (κ3) is 1.95. The summed E-state index contributed by atoms with van der Waals surface area (Å²) in [4.78, 5) is 7.27. The SMILES string of the molecule is [C-]#[N+]Cc1cc(Br)cnc1OC. The maximum atomic E-state index is 6.71. The summed E-state index contributed by atoms with van der Waals surface area (Å²) in [6.07, 6.45) is 1.65. The number of aromatic nitrogens is 1. The van der Waals surface area contributed by atoms with Crippen molar-refractivity contribution in [2.24, 2.45) is 0 Å². The molecule has 0 radical (unpaired) electrons. The smallest absolute Gasteiger partial charge is 0.245 e. The van der Waals surface area contributed by atoms with Crippen LogP contribution in [0.4, 0.5) is 0 Å². The van der Waals surface area contributed by atoms with Gasteiger partial charge in [-0.05, 0) is 22.0 Å². The minimum atomic E-state index is 0.301. The Morgan fingerprint density at radius 2 is 2.50 bits per heavy atom. The van der Waals surface area contributed by atoms with Crippen LogP contribution in [0.1, 0.15) is 5.56 Å². The van der Waals surface area contributed by atoms with Gasteiger partial charge in [0.25, 0.3) is 0 Å². The zero-order valence-electron chi connectivity index (χ0n) is 6.54. The van der Waals surface area contributed by atoms with Crippen LogP contribution >= 0.6 is 15.9 Å². The minimum Gasteiger partial charge on any atom is -0.481 e. The molecule has 0 saturated carbocycles. The second-order valence-electron chi connectivity index (χ2n) is 2.14. The van der Waals surface area contributed by atoms with E-state index >= 15 is 0 Å².